The molecule has 0 aromatic heterocycles. The highest BCUT2D eigenvalue weighted by molar-refractivity contribution is 5.82. The number of para-hydroxylation sites is 1. The number of benzene rings is 2. The normalized spacial score (nSPS) is 23.3. The van der Waals surface area contributed by atoms with Gasteiger partial charge < -0.3 is 9.80 Å². The molecule has 0 bridgehead atoms. The van der Waals surface area contributed by atoms with Crippen molar-refractivity contribution in [3.05, 3.63) is 66.0 Å². The molecule has 2 heterocycles. The van der Waals surface area contributed by atoms with Crippen LogP contribution < -0.4 is 15.8 Å². The van der Waals surface area contributed by atoms with Crippen molar-refractivity contribution in [2.24, 2.45) is 0 Å². The number of nitrogens with one attached hydrogen (secondary N) is 2. The summed E-state index contributed by atoms with van der Waals surface area (Å²) in [5.74, 6) is -0.0937. The maximum atomic E-state index is 13.9. The highest BCUT2D eigenvalue weighted by Gasteiger charge is 2.34. The number of carbonyl (C=O) groups is 1. The number of carbonyl (C=O) groups excluding carboxylic acids is 1. The van der Waals surface area contributed by atoms with E-state index in [9.17, 15) is 9.18 Å². The Bertz CT molecular complexity index is 761. The Hall–Kier alpha value is -2.44. The fraction of sp³-hybridized carbons (Fsp3) is 0.350. The van der Waals surface area contributed by atoms with Crippen LogP contribution in [0.2, 0.25) is 0 Å². The first kappa shape index (κ1) is 17.0. The van der Waals surface area contributed by atoms with E-state index in [0.717, 1.165) is 6.42 Å². The van der Waals surface area contributed by atoms with Crippen molar-refractivity contribution >= 4 is 11.6 Å². The van der Waals surface area contributed by atoms with Gasteiger partial charge in [-0.05, 0) is 24.1 Å². The molecule has 2 saturated heterocycles. The summed E-state index contributed by atoms with van der Waals surface area (Å²) in [5, 5.41) is 0. The number of halogens is 1. The van der Waals surface area contributed by atoms with Crippen LogP contribution in [0.15, 0.2) is 54.6 Å². The van der Waals surface area contributed by atoms with Gasteiger partial charge in [-0.25, -0.2) is 15.2 Å². The SMILES string of the molecule is O=C(C1CC(c2ccccc2)NN1)N1CCN(c2ccccc2F)CC1. The molecule has 6 heteroatoms. The summed E-state index contributed by atoms with van der Waals surface area (Å²) in [5.41, 5.74) is 8.16. The molecule has 2 aromatic rings. The molecule has 5 nitrogen and oxygen atoms in total. The predicted molar refractivity (Wildman–Crippen MR) is 99.1 cm³/mol. The van der Waals surface area contributed by atoms with E-state index in [1.54, 1.807) is 12.1 Å². The van der Waals surface area contributed by atoms with Crippen LogP contribution in [0, 0.1) is 5.82 Å². The Balaban J connectivity index is 1.34. The number of anilines is 1. The Morgan fingerprint density at radius 3 is 2.35 bits per heavy atom. The van der Waals surface area contributed by atoms with Crippen LogP contribution in [0.5, 0.6) is 0 Å². The highest BCUT2D eigenvalue weighted by atomic mass is 19.1. The molecule has 0 radical (unpaired) electrons. The number of hydrazine groups is 1. The average molecular weight is 354 g/mol. The molecule has 2 aliphatic heterocycles. The van der Waals surface area contributed by atoms with Crippen molar-refractivity contribution < 1.29 is 9.18 Å². The number of amides is 1. The molecule has 26 heavy (non-hydrogen) atoms. The van der Waals surface area contributed by atoms with E-state index >= 15 is 0 Å². The Kier molecular flexibility index (Phi) is 4.86. The topological polar surface area (TPSA) is 47.6 Å². The number of hydrogen-bond donors (Lipinski definition) is 2. The van der Waals surface area contributed by atoms with Gasteiger partial charge in [0.25, 0.3) is 0 Å². The van der Waals surface area contributed by atoms with Gasteiger partial charge in [-0.1, -0.05) is 42.5 Å². The van der Waals surface area contributed by atoms with E-state index in [0.29, 0.717) is 31.9 Å². The second kappa shape index (κ2) is 7.43. The first-order valence-corrected chi connectivity index (χ1v) is 9.06. The van der Waals surface area contributed by atoms with Crippen molar-refractivity contribution in [1.82, 2.24) is 15.8 Å². The Morgan fingerprint density at radius 1 is 0.923 bits per heavy atom. The second-order valence-corrected chi connectivity index (χ2v) is 6.80. The summed E-state index contributed by atoms with van der Waals surface area (Å²) in [4.78, 5) is 16.7. The molecule has 2 fully saturated rings. The zero-order valence-corrected chi connectivity index (χ0v) is 14.6. The van der Waals surface area contributed by atoms with Gasteiger partial charge in [0.2, 0.25) is 5.91 Å². The van der Waals surface area contributed by atoms with Gasteiger partial charge in [0.15, 0.2) is 0 Å². The van der Waals surface area contributed by atoms with Crippen LogP contribution in [0.4, 0.5) is 10.1 Å². The van der Waals surface area contributed by atoms with Crippen LogP contribution in [-0.2, 0) is 4.79 Å². The molecule has 1 amide bonds. The van der Waals surface area contributed by atoms with Gasteiger partial charge in [0, 0.05) is 32.2 Å². The van der Waals surface area contributed by atoms with Crippen LogP contribution in [-0.4, -0.2) is 43.0 Å². The first-order valence-electron chi connectivity index (χ1n) is 9.06. The summed E-state index contributed by atoms with van der Waals surface area (Å²) in [6.45, 7) is 2.52. The van der Waals surface area contributed by atoms with Crippen molar-refractivity contribution in [2.75, 3.05) is 31.1 Å². The molecule has 4 rings (SSSR count). The van der Waals surface area contributed by atoms with Crippen LogP contribution in [0.1, 0.15) is 18.0 Å². The maximum absolute atomic E-state index is 13.9. The number of piperazine rings is 1. The Labute approximate surface area is 152 Å². The zero-order chi connectivity index (χ0) is 17.9. The van der Waals surface area contributed by atoms with Gasteiger partial charge in [-0.2, -0.15) is 0 Å². The van der Waals surface area contributed by atoms with Crippen LogP contribution in [0.25, 0.3) is 0 Å². The van der Waals surface area contributed by atoms with Gasteiger partial charge in [-0.3, -0.25) is 4.79 Å². The molecular formula is C20H23FN4O. The minimum absolute atomic E-state index is 0.115. The third-order valence-electron chi connectivity index (χ3n) is 5.19. The van der Waals surface area contributed by atoms with Gasteiger partial charge in [-0.15, -0.1) is 0 Å². The maximum Gasteiger partial charge on any atom is 0.241 e. The van der Waals surface area contributed by atoms with E-state index in [4.69, 9.17) is 0 Å². The average Bonchev–Trinajstić information content (AvgIpc) is 3.19. The van der Waals surface area contributed by atoms with Gasteiger partial charge >= 0.3 is 0 Å². The van der Waals surface area contributed by atoms with E-state index in [1.165, 1.54) is 11.6 Å². The second-order valence-electron chi connectivity index (χ2n) is 6.80. The standard InChI is InChI=1S/C20H23FN4O/c21-16-8-4-5-9-19(16)24-10-12-25(13-11-24)20(26)18-14-17(22-23-18)15-6-2-1-3-7-15/h1-9,17-18,22-23H,10-14H2. The van der Waals surface area contributed by atoms with Crippen molar-refractivity contribution in [1.29, 1.82) is 0 Å². The molecule has 2 aromatic carbocycles. The lowest BCUT2D eigenvalue weighted by Gasteiger charge is -2.37. The molecule has 0 aliphatic carbocycles. The van der Waals surface area contributed by atoms with E-state index in [1.807, 2.05) is 34.1 Å². The summed E-state index contributed by atoms with van der Waals surface area (Å²) in [7, 11) is 0. The molecule has 0 saturated carbocycles. The third-order valence-corrected chi connectivity index (χ3v) is 5.19. The van der Waals surface area contributed by atoms with Crippen molar-refractivity contribution in [2.45, 2.75) is 18.5 Å². The van der Waals surface area contributed by atoms with Crippen molar-refractivity contribution in [3.8, 4) is 0 Å². The summed E-state index contributed by atoms with van der Waals surface area (Å²) >= 11 is 0. The molecular weight excluding hydrogens is 331 g/mol. The van der Waals surface area contributed by atoms with Crippen molar-refractivity contribution in [3.63, 3.8) is 0 Å². The quantitative estimate of drug-likeness (QED) is 0.886. The fourth-order valence-corrected chi connectivity index (χ4v) is 3.72. The molecule has 136 valence electrons. The fourth-order valence-electron chi connectivity index (χ4n) is 3.72. The lowest BCUT2D eigenvalue weighted by Crippen LogP contribution is -2.53. The van der Waals surface area contributed by atoms with E-state index < -0.39 is 0 Å². The first-order chi connectivity index (χ1) is 12.7. The lowest BCUT2D eigenvalue weighted by atomic mass is 10.0. The summed E-state index contributed by atoms with van der Waals surface area (Å²) < 4.78 is 13.9. The third kappa shape index (κ3) is 3.43. The highest BCUT2D eigenvalue weighted by Crippen LogP contribution is 2.24. The Morgan fingerprint density at radius 2 is 1.62 bits per heavy atom. The number of hydrogen-bond acceptors (Lipinski definition) is 4. The minimum atomic E-state index is -0.222. The lowest BCUT2D eigenvalue weighted by molar-refractivity contribution is -0.133. The summed E-state index contributed by atoms with van der Waals surface area (Å²) in [6.07, 6.45) is 0.733. The van der Waals surface area contributed by atoms with E-state index in [2.05, 4.69) is 23.0 Å². The smallest absolute Gasteiger partial charge is 0.241 e. The molecule has 2 aliphatic rings. The number of nitrogens with zero attached hydrogens (tertiary/aromatic N) is 2. The van der Waals surface area contributed by atoms with E-state index in [-0.39, 0.29) is 23.8 Å². The molecule has 2 N–H and O–H groups in total. The predicted octanol–water partition coefficient (Wildman–Crippen LogP) is 2.08. The van der Waals surface area contributed by atoms with Gasteiger partial charge in [0.1, 0.15) is 11.9 Å². The molecule has 2 unspecified atom stereocenters. The zero-order valence-electron chi connectivity index (χ0n) is 14.6. The minimum Gasteiger partial charge on any atom is -0.366 e. The molecule has 0 spiro atoms. The molecule has 2 atom stereocenters. The monoisotopic (exact) mass is 354 g/mol. The van der Waals surface area contributed by atoms with Crippen LogP contribution in [0.3, 0.4) is 0 Å². The summed E-state index contributed by atoms with van der Waals surface area (Å²) in [6, 6.07) is 16.9. The number of rotatable bonds is 3. The van der Waals surface area contributed by atoms with Gasteiger partial charge in [0.05, 0.1) is 5.69 Å². The largest absolute Gasteiger partial charge is 0.366 e. The van der Waals surface area contributed by atoms with Crippen LogP contribution >= 0.6 is 0 Å².